The Kier molecular flexibility index (Phi) is 15.6. The normalized spacial score (nSPS) is 14.3. The van der Waals surface area contributed by atoms with Crippen molar-refractivity contribution in [2.75, 3.05) is 40.3 Å². The van der Waals surface area contributed by atoms with Gasteiger partial charge in [-0.1, -0.05) is 40.7 Å². The Labute approximate surface area is 197 Å². The van der Waals surface area contributed by atoms with Crippen LogP contribution in [0.25, 0.3) is 0 Å². The van der Waals surface area contributed by atoms with Crippen LogP contribution in [-0.2, 0) is 28.6 Å². The van der Waals surface area contributed by atoms with Crippen LogP contribution in [0.15, 0.2) is 12.7 Å². The summed E-state index contributed by atoms with van der Waals surface area (Å²) in [4.78, 5) is 38.3. The highest BCUT2D eigenvalue weighted by atomic mass is 16.7. The first-order valence-corrected chi connectivity index (χ1v) is 11.3. The van der Waals surface area contributed by atoms with Gasteiger partial charge in [0, 0.05) is 13.7 Å². The fourth-order valence-corrected chi connectivity index (χ4v) is 3.27. The second-order valence-electron chi connectivity index (χ2n) is 9.37. The first-order valence-electron chi connectivity index (χ1n) is 11.3. The molecule has 192 valence electrons. The molecule has 0 saturated heterocycles. The lowest BCUT2D eigenvalue weighted by Crippen LogP contribution is -2.56. The predicted molar refractivity (Wildman–Crippen MR) is 124 cm³/mol. The van der Waals surface area contributed by atoms with Crippen LogP contribution in [0.2, 0.25) is 0 Å². The Balaban J connectivity index is 5.16. The zero-order valence-corrected chi connectivity index (χ0v) is 20.9. The molecule has 0 aliphatic carbocycles. The first kappa shape index (κ1) is 31.0. The highest BCUT2D eigenvalue weighted by Crippen LogP contribution is 2.27. The van der Waals surface area contributed by atoms with E-state index < -0.39 is 35.1 Å². The topological polar surface area (TPSA) is 135 Å². The maximum atomic E-state index is 13.2. The monoisotopic (exact) mass is 473 g/mol. The Morgan fingerprint density at radius 3 is 2.15 bits per heavy atom. The van der Waals surface area contributed by atoms with E-state index in [0.717, 1.165) is 0 Å². The van der Waals surface area contributed by atoms with Gasteiger partial charge >= 0.3 is 0 Å². The van der Waals surface area contributed by atoms with Crippen LogP contribution in [0.3, 0.4) is 0 Å². The number of hydrogen-bond acceptors (Lipinski definition) is 7. The molecule has 0 aliphatic rings. The van der Waals surface area contributed by atoms with Crippen LogP contribution in [0.1, 0.15) is 47.5 Å². The largest absolute Gasteiger partial charge is 0.382 e. The number of carbonyl (C=O) groups excluding carboxylic acids is 3. The highest BCUT2D eigenvalue weighted by Gasteiger charge is 2.38. The van der Waals surface area contributed by atoms with Gasteiger partial charge in [0.2, 0.25) is 17.7 Å². The molecular weight excluding hydrogens is 430 g/mol. The van der Waals surface area contributed by atoms with Crippen molar-refractivity contribution in [3.63, 3.8) is 0 Å². The number of allylic oxidation sites excluding steroid dienone is 1. The molecule has 0 aromatic rings. The average molecular weight is 474 g/mol. The summed E-state index contributed by atoms with van der Waals surface area (Å²) >= 11 is 0. The Morgan fingerprint density at radius 1 is 1.00 bits per heavy atom. The molecule has 0 unspecified atom stereocenters. The molecule has 33 heavy (non-hydrogen) atoms. The molecule has 0 heterocycles. The van der Waals surface area contributed by atoms with Crippen molar-refractivity contribution < 1.29 is 33.8 Å². The number of amides is 3. The standard InChI is InChI=1S/C23H43N3O7/c1-8-9-17(21(28)26-30)18(14-16(2)3)20(27)25-19(23(4,5)6)22(29)24-10-11-32-15-33-13-12-31-7/h8,16-19,30H,1,9-15H2,2-7H3,(H,24,29)(H,25,27)(H,26,28)/t17-,18+,19+/m0/s1. The van der Waals surface area contributed by atoms with Crippen LogP contribution in [0, 0.1) is 23.2 Å². The zero-order chi connectivity index (χ0) is 25.4. The number of nitrogens with one attached hydrogen (secondary N) is 3. The van der Waals surface area contributed by atoms with E-state index in [2.05, 4.69) is 17.2 Å². The molecule has 0 fully saturated rings. The maximum Gasteiger partial charge on any atom is 0.247 e. The fourth-order valence-electron chi connectivity index (χ4n) is 3.27. The van der Waals surface area contributed by atoms with Gasteiger partial charge in [0.05, 0.1) is 31.7 Å². The van der Waals surface area contributed by atoms with E-state index in [9.17, 15) is 14.4 Å². The lowest BCUT2D eigenvalue weighted by molar-refractivity contribution is -0.142. The van der Waals surface area contributed by atoms with Crippen molar-refractivity contribution in [3.05, 3.63) is 12.7 Å². The number of ether oxygens (including phenoxy) is 3. The highest BCUT2D eigenvalue weighted by molar-refractivity contribution is 5.91. The van der Waals surface area contributed by atoms with E-state index in [4.69, 9.17) is 19.4 Å². The number of carbonyl (C=O) groups is 3. The number of rotatable bonds is 17. The predicted octanol–water partition coefficient (Wildman–Crippen LogP) is 1.63. The van der Waals surface area contributed by atoms with Gasteiger partial charge in [-0.25, -0.2) is 5.48 Å². The Morgan fingerprint density at radius 2 is 1.64 bits per heavy atom. The van der Waals surface area contributed by atoms with Gasteiger partial charge in [-0.3, -0.25) is 19.6 Å². The fraction of sp³-hybridized carbons (Fsp3) is 0.783. The summed E-state index contributed by atoms with van der Waals surface area (Å²) in [5.74, 6) is -2.85. The average Bonchev–Trinajstić information content (AvgIpc) is 2.74. The SMILES string of the molecule is C=CC[C@H](C(=O)NO)[C@@H](CC(C)C)C(=O)N[C@H](C(=O)NCCOCOCCOC)C(C)(C)C. The molecule has 3 amide bonds. The summed E-state index contributed by atoms with van der Waals surface area (Å²) in [7, 11) is 1.58. The number of hydroxylamine groups is 1. The maximum absolute atomic E-state index is 13.2. The van der Waals surface area contributed by atoms with E-state index in [1.807, 2.05) is 34.6 Å². The van der Waals surface area contributed by atoms with E-state index >= 15 is 0 Å². The Hall–Kier alpha value is -2.01. The molecule has 0 saturated carbocycles. The minimum Gasteiger partial charge on any atom is -0.382 e. The van der Waals surface area contributed by atoms with E-state index in [0.29, 0.717) is 19.6 Å². The molecule has 0 aliphatic heterocycles. The molecule has 0 bridgehead atoms. The molecule has 4 N–H and O–H groups in total. The van der Waals surface area contributed by atoms with Gasteiger partial charge in [-0.2, -0.15) is 0 Å². The molecule has 0 spiro atoms. The van der Waals surface area contributed by atoms with Crippen molar-refractivity contribution >= 4 is 17.7 Å². The molecule has 0 radical (unpaired) electrons. The van der Waals surface area contributed by atoms with Gasteiger partial charge in [0.15, 0.2) is 0 Å². The van der Waals surface area contributed by atoms with Crippen LogP contribution < -0.4 is 16.1 Å². The third-order valence-electron chi connectivity index (χ3n) is 4.97. The molecule has 0 aromatic carbocycles. The second-order valence-corrected chi connectivity index (χ2v) is 9.37. The van der Waals surface area contributed by atoms with Crippen LogP contribution in [0.5, 0.6) is 0 Å². The third kappa shape index (κ3) is 12.7. The number of methoxy groups -OCH3 is 1. The molecular formula is C23H43N3O7. The van der Waals surface area contributed by atoms with Crippen molar-refractivity contribution in [1.82, 2.24) is 16.1 Å². The summed E-state index contributed by atoms with van der Waals surface area (Å²) in [5.41, 5.74) is 1.06. The van der Waals surface area contributed by atoms with Gasteiger partial charge in [0.25, 0.3) is 0 Å². The van der Waals surface area contributed by atoms with Crippen molar-refractivity contribution in [3.8, 4) is 0 Å². The molecule has 3 atom stereocenters. The summed E-state index contributed by atoms with van der Waals surface area (Å²) < 4.78 is 15.4. The van der Waals surface area contributed by atoms with Crippen LogP contribution in [0.4, 0.5) is 0 Å². The zero-order valence-electron chi connectivity index (χ0n) is 20.9. The summed E-state index contributed by atoms with van der Waals surface area (Å²) in [6.07, 6.45) is 2.16. The van der Waals surface area contributed by atoms with Crippen LogP contribution in [-0.4, -0.2) is 69.2 Å². The van der Waals surface area contributed by atoms with E-state index in [1.165, 1.54) is 6.08 Å². The minimum absolute atomic E-state index is 0.0904. The van der Waals surface area contributed by atoms with Gasteiger partial charge < -0.3 is 24.8 Å². The first-order chi connectivity index (χ1) is 15.5. The molecule has 10 nitrogen and oxygen atoms in total. The van der Waals surface area contributed by atoms with Crippen LogP contribution >= 0.6 is 0 Å². The molecule has 0 aromatic heterocycles. The van der Waals surface area contributed by atoms with E-state index in [1.54, 1.807) is 12.6 Å². The third-order valence-corrected chi connectivity index (χ3v) is 4.97. The minimum atomic E-state index is -0.834. The summed E-state index contributed by atoms with van der Waals surface area (Å²) in [6, 6.07) is -0.834. The van der Waals surface area contributed by atoms with Gasteiger partial charge in [0.1, 0.15) is 12.8 Å². The molecule has 0 rings (SSSR count). The molecule has 10 heteroatoms. The quantitative estimate of drug-likeness (QED) is 0.0829. The van der Waals surface area contributed by atoms with E-state index in [-0.39, 0.29) is 38.2 Å². The van der Waals surface area contributed by atoms with Crippen molar-refractivity contribution in [1.29, 1.82) is 0 Å². The lowest BCUT2D eigenvalue weighted by Gasteiger charge is -2.33. The van der Waals surface area contributed by atoms with Crippen molar-refractivity contribution in [2.45, 2.75) is 53.5 Å². The Bertz CT molecular complexity index is 605. The smallest absolute Gasteiger partial charge is 0.247 e. The summed E-state index contributed by atoms with van der Waals surface area (Å²) in [6.45, 7) is 14.5. The second kappa shape index (κ2) is 16.6. The van der Waals surface area contributed by atoms with Crippen molar-refractivity contribution in [2.24, 2.45) is 23.2 Å². The van der Waals surface area contributed by atoms with Gasteiger partial charge in [-0.05, 0) is 24.2 Å². The summed E-state index contributed by atoms with van der Waals surface area (Å²) in [5, 5.41) is 14.7. The lowest BCUT2D eigenvalue weighted by atomic mass is 9.80. The van der Waals surface area contributed by atoms with Gasteiger partial charge in [-0.15, -0.1) is 6.58 Å². The number of hydrogen-bond donors (Lipinski definition) is 4.